The van der Waals surface area contributed by atoms with E-state index in [1.165, 1.54) is 24.3 Å². The van der Waals surface area contributed by atoms with Gasteiger partial charge in [-0.2, -0.15) is 8.42 Å². The van der Waals surface area contributed by atoms with Gasteiger partial charge in [0, 0.05) is 6.20 Å². The van der Waals surface area contributed by atoms with Crippen LogP contribution in [0, 0.1) is 19.7 Å². The van der Waals surface area contributed by atoms with Crippen molar-refractivity contribution in [1.29, 1.82) is 0 Å². The molecular weight excluding hydrogens is 429 g/mol. The zero-order valence-electron chi connectivity index (χ0n) is 17.8. The number of hydrogen-bond acceptors (Lipinski definition) is 4. The molecule has 0 radical (unpaired) electrons. The van der Waals surface area contributed by atoms with Crippen molar-refractivity contribution in [3.05, 3.63) is 102 Å². The third kappa shape index (κ3) is 4.46. The Morgan fingerprint density at radius 2 is 1.72 bits per heavy atom. The predicted octanol–water partition coefficient (Wildman–Crippen LogP) is 4.75. The van der Waals surface area contributed by atoms with E-state index in [9.17, 15) is 17.9 Å². The van der Waals surface area contributed by atoms with Gasteiger partial charge in [0.2, 0.25) is 0 Å². The molecule has 1 heterocycles. The maximum atomic E-state index is 14.0. The van der Waals surface area contributed by atoms with Crippen LogP contribution in [-0.4, -0.2) is 30.8 Å². The molecule has 0 spiro atoms. The summed E-state index contributed by atoms with van der Waals surface area (Å²) in [5.41, 5.74) is 3.29. The molecule has 1 aromatic heterocycles. The first-order valence-corrected chi connectivity index (χ1v) is 11.6. The van der Waals surface area contributed by atoms with E-state index in [1.54, 1.807) is 24.3 Å². The summed E-state index contributed by atoms with van der Waals surface area (Å²) in [5.74, 6) is -0.443. The van der Waals surface area contributed by atoms with Gasteiger partial charge in [0.25, 0.3) is 10.1 Å². The lowest BCUT2D eigenvalue weighted by atomic mass is 10.0. The van der Waals surface area contributed by atoms with Crippen LogP contribution in [0.3, 0.4) is 0 Å². The van der Waals surface area contributed by atoms with Gasteiger partial charge in [0.1, 0.15) is 11.9 Å². The van der Waals surface area contributed by atoms with Crippen molar-refractivity contribution in [2.45, 2.75) is 30.9 Å². The van der Waals surface area contributed by atoms with Crippen molar-refractivity contribution in [1.82, 2.24) is 4.57 Å². The molecule has 4 rings (SSSR count). The molecule has 0 saturated carbocycles. The first kappa shape index (κ1) is 22.2. The quantitative estimate of drug-likeness (QED) is 0.410. The highest BCUT2D eigenvalue weighted by Crippen LogP contribution is 2.30. The molecule has 0 saturated heterocycles. The summed E-state index contributed by atoms with van der Waals surface area (Å²) in [6.07, 6.45) is 0.553. The van der Waals surface area contributed by atoms with E-state index >= 15 is 0 Å². The molecule has 32 heavy (non-hydrogen) atoms. The molecule has 5 nitrogen and oxygen atoms in total. The second kappa shape index (κ2) is 8.86. The highest BCUT2D eigenvalue weighted by atomic mass is 32.2. The van der Waals surface area contributed by atoms with Crippen LogP contribution in [0.25, 0.3) is 10.9 Å². The van der Waals surface area contributed by atoms with Crippen molar-refractivity contribution < 1.29 is 22.1 Å². The minimum atomic E-state index is -4.06. The monoisotopic (exact) mass is 453 g/mol. The van der Waals surface area contributed by atoms with Crippen molar-refractivity contribution in [3.8, 4) is 0 Å². The van der Waals surface area contributed by atoms with Crippen LogP contribution < -0.4 is 0 Å². The number of fused-ring (bicyclic) bond motifs is 1. The largest absolute Gasteiger partial charge is 0.388 e. The molecular formula is C25H24FNO4S. The van der Waals surface area contributed by atoms with Crippen LogP contribution >= 0.6 is 0 Å². The van der Waals surface area contributed by atoms with Gasteiger partial charge in [-0.25, -0.2) is 4.39 Å². The van der Waals surface area contributed by atoms with E-state index in [0.717, 1.165) is 22.0 Å². The molecule has 4 aromatic rings. The first-order chi connectivity index (χ1) is 15.3. The Bertz CT molecular complexity index is 1350. The summed E-state index contributed by atoms with van der Waals surface area (Å²) in [6.45, 7) is 3.32. The van der Waals surface area contributed by atoms with Gasteiger partial charge in [-0.1, -0.05) is 48.0 Å². The van der Waals surface area contributed by atoms with E-state index < -0.39 is 34.7 Å². The normalized spacial score (nSPS) is 13.9. The first-order valence-electron chi connectivity index (χ1n) is 10.2. The molecule has 0 unspecified atom stereocenters. The second-order valence-corrected chi connectivity index (χ2v) is 9.47. The number of aliphatic hydroxyl groups excluding tert-OH is 1. The van der Waals surface area contributed by atoms with Gasteiger partial charge >= 0.3 is 0 Å². The summed E-state index contributed by atoms with van der Waals surface area (Å²) in [5, 5.41) is 12.1. The molecule has 0 bridgehead atoms. The Kier molecular flexibility index (Phi) is 6.15. The molecule has 0 aliphatic rings. The Labute approximate surface area is 186 Å². The van der Waals surface area contributed by atoms with Crippen molar-refractivity contribution >= 4 is 21.0 Å². The van der Waals surface area contributed by atoms with E-state index in [2.05, 4.69) is 0 Å². The van der Waals surface area contributed by atoms with Crippen molar-refractivity contribution in [2.75, 3.05) is 6.61 Å². The van der Waals surface area contributed by atoms with Gasteiger partial charge in [0.05, 0.1) is 23.1 Å². The topological polar surface area (TPSA) is 68.5 Å². The Morgan fingerprint density at radius 3 is 2.44 bits per heavy atom. The van der Waals surface area contributed by atoms with Gasteiger partial charge in [-0.15, -0.1) is 0 Å². The van der Waals surface area contributed by atoms with E-state index in [-0.39, 0.29) is 4.90 Å². The second-order valence-electron chi connectivity index (χ2n) is 7.85. The zero-order chi connectivity index (χ0) is 22.9. The Hall–Kier alpha value is -3.00. The van der Waals surface area contributed by atoms with E-state index in [1.807, 2.05) is 48.9 Å². The predicted molar refractivity (Wildman–Crippen MR) is 122 cm³/mol. The molecule has 0 aliphatic heterocycles. The highest BCUT2D eigenvalue weighted by Gasteiger charge is 2.28. The molecule has 0 aliphatic carbocycles. The number of aryl methyl sites for hydroxylation is 2. The Balaban J connectivity index is 1.69. The van der Waals surface area contributed by atoms with Gasteiger partial charge in [-0.05, 0) is 60.7 Å². The number of hydrogen-bond donors (Lipinski definition) is 1. The van der Waals surface area contributed by atoms with Crippen molar-refractivity contribution in [2.24, 2.45) is 0 Å². The minimum absolute atomic E-state index is 0.0138. The summed E-state index contributed by atoms with van der Waals surface area (Å²) in [6, 6.07) is 19.2. The molecule has 7 heteroatoms. The molecule has 2 atom stereocenters. The fourth-order valence-corrected chi connectivity index (χ4v) is 4.84. The lowest BCUT2D eigenvalue weighted by Gasteiger charge is -2.26. The average molecular weight is 454 g/mol. The number of aliphatic hydroxyl groups is 1. The maximum absolute atomic E-state index is 14.0. The molecule has 1 N–H and O–H groups in total. The fraction of sp³-hybridized carbons (Fsp3) is 0.200. The molecule has 166 valence electrons. The molecule has 0 amide bonds. The highest BCUT2D eigenvalue weighted by molar-refractivity contribution is 7.86. The van der Waals surface area contributed by atoms with Gasteiger partial charge in [-0.3, -0.25) is 4.18 Å². The summed E-state index contributed by atoms with van der Waals surface area (Å²) in [7, 11) is -4.06. The number of aromatic nitrogens is 1. The zero-order valence-corrected chi connectivity index (χ0v) is 18.6. The summed E-state index contributed by atoms with van der Waals surface area (Å²) < 4.78 is 46.3. The molecule has 3 aromatic carbocycles. The smallest absolute Gasteiger partial charge is 0.297 e. The van der Waals surface area contributed by atoms with Crippen LogP contribution in [-0.2, 0) is 14.3 Å². The van der Waals surface area contributed by atoms with Crippen LogP contribution in [0.1, 0.15) is 22.7 Å². The van der Waals surface area contributed by atoms with Gasteiger partial charge in [0.15, 0.2) is 0 Å². The average Bonchev–Trinajstić information content (AvgIpc) is 3.18. The number of rotatable bonds is 7. The lowest BCUT2D eigenvalue weighted by Crippen LogP contribution is -2.30. The summed E-state index contributed by atoms with van der Waals surface area (Å²) >= 11 is 0. The third-order valence-electron chi connectivity index (χ3n) is 5.50. The number of benzene rings is 3. The van der Waals surface area contributed by atoms with Crippen LogP contribution in [0.5, 0.6) is 0 Å². The van der Waals surface area contributed by atoms with E-state index in [4.69, 9.17) is 4.18 Å². The third-order valence-corrected chi connectivity index (χ3v) is 6.80. The standard InChI is InChI=1S/C25H24FNO4S/c1-17-9-11-22(12-10-17)32(29,30)31-16-23(28)25(20-7-4-8-21(26)15-20)27-14-13-19-6-3-5-18(2)24(19)27/h3-15,23,25,28H,16H2,1-2H3/t23-,25+/m1/s1. The van der Waals surface area contributed by atoms with Crippen molar-refractivity contribution in [3.63, 3.8) is 0 Å². The Morgan fingerprint density at radius 1 is 1.00 bits per heavy atom. The molecule has 0 fully saturated rings. The number of nitrogens with zero attached hydrogens (tertiary/aromatic N) is 1. The van der Waals surface area contributed by atoms with Gasteiger partial charge < -0.3 is 9.67 Å². The van der Waals surface area contributed by atoms with Crippen LogP contribution in [0.2, 0.25) is 0 Å². The SMILES string of the molecule is Cc1ccc(S(=O)(=O)OC[C@@H](O)[C@H](c2cccc(F)c2)n2ccc3cccc(C)c32)cc1. The van der Waals surface area contributed by atoms with E-state index in [0.29, 0.717) is 5.56 Å². The maximum Gasteiger partial charge on any atom is 0.297 e. The lowest BCUT2D eigenvalue weighted by molar-refractivity contribution is 0.0784. The minimum Gasteiger partial charge on any atom is -0.388 e. The number of para-hydroxylation sites is 1. The van der Waals surface area contributed by atoms with Crippen LogP contribution in [0.15, 0.2) is 83.9 Å². The fourth-order valence-electron chi connectivity index (χ4n) is 3.92. The summed E-state index contributed by atoms with van der Waals surface area (Å²) in [4.78, 5) is 0.0138. The van der Waals surface area contributed by atoms with Crippen LogP contribution in [0.4, 0.5) is 4.39 Å². The number of halogens is 1.